The third-order valence-electron chi connectivity index (χ3n) is 3.32. The SMILES string of the molecule is CN(C)c1cc(CNC(=O)C[C@H]2C=CCC2)ccn1. The minimum absolute atomic E-state index is 0.125. The lowest BCUT2D eigenvalue weighted by atomic mass is 10.1. The molecule has 1 aromatic rings. The van der Waals surface area contributed by atoms with E-state index < -0.39 is 0 Å². The van der Waals surface area contributed by atoms with Gasteiger partial charge in [-0.25, -0.2) is 4.98 Å². The molecule has 1 heterocycles. The molecule has 1 aliphatic rings. The minimum Gasteiger partial charge on any atom is -0.363 e. The van der Waals surface area contributed by atoms with Crippen LogP contribution in [0.3, 0.4) is 0 Å². The first-order valence-electron chi connectivity index (χ1n) is 6.71. The van der Waals surface area contributed by atoms with E-state index in [1.807, 2.05) is 31.1 Å². The van der Waals surface area contributed by atoms with E-state index in [2.05, 4.69) is 22.5 Å². The summed E-state index contributed by atoms with van der Waals surface area (Å²) < 4.78 is 0. The van der Waals surface area contributed by atoms with Gasteiger partial charge in [-0.1, -0.05) is 12.2 Å². The second-order valence-electron chi connectivity index (χ2n) is 5.16. The second kappa shape index (κ2) is 6.36. The maximum atomic E-state index is 11.8. The van der Waals surface area contributed by atoms with Gasteiger partial charge in [-0.05, 0) is 36.5 Å². The van der Waals surface area contributed by atoms with Crippen molar-refractivity contribution in [1.29, 1.82) is 0 Å². The number of aromatic nitrogens is 1. The van der Waals surface area contributed by atoms with E-state index in [4.69, 9.17) is 0 Å². The van der Waals surface area contributed by atoms with Gasteiger partial charge in [-0.2, -0.15) is 0 Å². The second-order valence-corrected chi connectivity index (χ2v) is 5.16. The highest BCUT2D eigenvalue weighted by atomic mass is 16.1. The summed E-state index contributed by atoms with van der Waals surface area (Å²) in [6.07, 6.45) is 8.89. The number of allylic oxidation sites excluding steroid dienone is 2. The zero-order chi connectivity index (χ0) is 13.7. The van der Waals surface area contributed by atoms with Gasteiger partial charge in [0.15, 0.2) is 0 Å². The maximum absolute atomic E-state index is 11.8. The van der Waals surface area contributed by atoms with Crippen LogP contribution in [0.15, 0.2) is 30.5 Å². The predicted molar refractivity (Wildman–Crippen MR) is 76.9 cm³/mol. The van der Waals surface area contributed by atoms with Crippen LogP contribution in [0, 0.1) is 5.92 Å². The molecule has 1 N–H and O–H groups in total. The lowest BCUT2D eigenvalue weighted by molar-refractivity contribution is -0.121. The smallest absolute Gasteiger partial charge is 0.220 e. The summed E-state index contributed by atoms with van der Waals surface area (Å²) in [5.41, 5.74) is 1.08. The molecule has 0 aromatic carbocycles. The number of hydrogen-bond acceptors (Lipinski definition) is 3. The fourth-order valence-electron chi connectivity index (χ4n) is 2.19. The highest BCUT2D eigenvalue weighted by Gasteiger charge is 2.13. The molecule has 2 rings (SSSR count). The van der Waals surface area contributed by atoms with Crippen LogP contribution in [-0.4, -0.2) is 25.0 Å². The van der Waals surface area contributed by atoms with Crippen LogP contribution < -0.4 is 10.2 Å². The monoisotopic (exact) mass is 259 g/mol. The molecule has 0 aliphatic heterocycles. The number of carbonyl (C=O) groups is 1. The van der Waals surface area contributed by atoms with Crippen LogP contribution in [0.5, 0.6) is 0 Å². The lowest BCUT2D eigenvalue weighted by Gasteiger charge is -2.13. The van der Waals surface area contributed by atoms with E-state index in [1.54, 1.807) is 6.20 Å². The van der Waals surface area contributed by atoms with Gasteiger partial charge in [0.05, 0.1) is 0 Å². The standard InChI is InChI=1S/C15H21N3O/c1-18(2)14-9-13(7-8-16-14)11-17-15(19)10-12-5-3-4-6-12/h3,5,7-9,12H,4,6,10-11H2,1-2H3,(H,17,19)/t12-/m0/s1. The van der Waals surface area contributed by atoms with Gasteiger partial charge in [0, 0.05) is 33.3 Å². The zero-order valence-corrected chi connectivity index (χ0v) is 11.6. The van der Waals surface area contributed by atoms with Crippen LogP contribution >= 0.6 is 0 Å². The van der Waals surface area contributed by atoms with E-state index >= 15 is 0 Å². The Bertz CT molecular complexity index is 468. The molecular weight excluding hydrogens is 238 g/mol. The summed E-state index contributed by atoms with van der Waals surface area (Å²) in [5.74, 6) is 1.46. The van der Waals surface area contributed by atoms with Gasteiger partial charge in [-0.3, -0.25) is 4.79 Å². The molecule has 4 heteroatoms. The molecule has 0 bridgehead atoms. The number of carbonyl (C=O) groups excluding carboxylic acids is 1. The molecule has 0 fully saturated rings. The molecule has 0 saturated carbocycles. The van der Waals surface area contributed by atoms with Gasteiger partial charge in [0.25, 0.3) is 0 Å². The number of nitrogens with zero attached hydrogens (tertiary/aromatic N) is 2. The fourth-order valence-corrected chi connectivity index (χ4v) is 2.19. The predicted octanol–water partition coefficient (Wildman–Crippen LogP) is 2.12. The largest absolute Gasteiger partial charge is 0.363 e. The average Bonchev–Trinajstić information content (AvgIpc) is 2.89. The van der Waals surface area contributed by atoms with Crippen molar-refractivity contribution >= 4 is 11.7 Å². The van der Waals surface area contributed by atoms with Crippen LogP contribution in [0.1, 0.15) is 24.8 Å². The van der Waals surface area contributed by atoms with Gasteiger partial charge in [0.2, 0.25) is 5.91 Å². The minimum atomic E-state index is 0.125. The van der Waals surface area contributed by atoms with Crippen molar-refractivity contribution in [2.75, 3.05) is 19.0 Å². The third kappa shape index (κ3) is 4.09. The van der Waals surface area contributed by atoms with Gasteiger partial charge in [0.1, 0.15) is 5.82 Å². The molecular formula is C15H21N3O. The van der Waals surface area contributed by atoms with Crippen molar-refractivity contribution in [3.63, 3.8) is 0 Å². The van der Waals surface area contributed by atoms with Crippen molar-refractivity contribution in [3.8, 4) is 0 Å². The molecule has 19 heavy (non-hydrogen) atoms. The molecule has 1 aromatic heterocycles. The first-order chi connectivity index (χ1) is 9.15. The van der Waals surface area contributed by atoms with Crippen molar-refractivity contribution < 1.29 is 4.79 Å². The normalized spacial score (nSPS) is 17.5. The Balaban J connectivity index is 1.82. The van der Waals surface area contributed by atoms with Crippen molar-refractivity contribution in [2.24, 2.45) is 5.92 Å². The summed E-state index contributed by atoms with van der Waals surface area (Å²) in [7, 11) is 3.91. The molecule has 102 valence electrons. The summed E-state index contributed by atoms with van der Waals surface area (Å²) in [4.78, 5) is 18.0. The Morgan fingerprint density at radius 1 is 1.53 bits per heavy atom. The topological polar surface area (TPSA) is 45.2 Å². The quantitative estimate of drug-likeness (QED) is 0.824. The summed E-state index contributed by atoms with van der Waals surface area (Å²) in [5, 5.41) is 2.97. The van der Waals surface area contributed by atoms with Crippen LogP contribution in [0.25, 0.3) is 0 Å². The van der Waals surface area contributed by atoms with Gasteiger partial charge < -0.3 is 10.2 Å². The Morgan fingerprint density at radius 3 is 3.05 bits per heavy atom. The highest BCUT2D eigenvalue weighted by Crippen LogP contribution is 2.20. The van der Waals surface area contributed by atoms with E-state index in [1.165, 1.54) is 0 Å². The molecule has 1 aliphatic carbocycles. The molecule has 0 spiro atoms. The summed E-state index contributed by atoms with van der Waals surface area (Å²) in [6.45, 7) is 0.568. The summed E-state index contributed by atoms with van der Waals surface area (Å²) >= 11 is 0. The number of pyridine rings is 1. The summed E-state index contributed by atoms with van der Waals surface area (Å²) in [6, 6.07) is 3.93. The highest BCUT2D eigenvalue weighted by molar-refractivity contribution is 5.76. The first-order valence-corrected chi connectivity index (χ1v) is 6.71. The van der Waals surface area contributed by atoms with Gasteiger partial charge in [-0.15, -0.1) is 0 Å². The van der Waals surface area contributed by atoms with Crippen molar-refractivity contribution in [1.82, 2.24) is 10.3 Å². The van der Waals surface area contributed by atoms with Crippen molar-refractivity contribution in [3.05, 3.63) is 36.0 Å². The number of anilines is 1. The van der Waals surface area contributed by atoms with E-state index in [-0.39, 0.29) is 5.91 Å². The Kier molecular flexibility index (Phi) is 4.55. The first kappa shape index (κ1) is 13.6. The number of hydrogen-bond donors (Lipinski definition) is 1. The molecule has 0 radical (unpaired) electrons. The zero-order valence-electron chi connectivity index (χ0n) is 11.6. The van der Waals surface area contributed by atoms with Crippen LogP contribution in [0.4, 0.5) is 5.82 Å². The third-order valence-corrected chi connectivity index (χ3v) is 3.32. The molecule has 1 amide bonds. The van der Waals surface area contributed by atoms with E-state index in [0.29, 0.717) is 18.9 Å². The van der Waals surface area contributed by atoms with E-state index in [9.17, 15) is 4.79 Å². The van der Waals surface area contributed by atoms with E-state index in [0.717, 1.165) is 24.2 Å². The average molecular weight is 259 g/mol. The van der Waals surface area contributed by atoms with Crippen molar-refractivity contribution in [2.45, 2.75) is 25.8 Å². The lowest BCUT2D eigenvalue weighted by Crippen LogP contribution is -2.24. The maximum Gasteiger partial charge on any atom is 0.220 e. The van der Waals surface area contributed by atoms with Crippen LogP contribution in [0.2, 0.25) is 0 Å². The number of rotatable bonds is 5. The Hall–Kier alpha value is -1.84. The Labute approximate surface area is 114 Å². The molecule has 0 unspecified atom stereocenters. The molecule has 0 saturated heterocycles. The van der Waals surface area contributed by atoms with Crippen LogP contribution in [-0.2, 0) is 11.3 Å². The number of nitrogens with one attached hydrogen (secondary N) is 1. The molecule has 1 atom stereocenters. The number of amides is 1. The Morgan fingerprint density at radius 2 is 2.37 bits per heavy atom. The molecule has 4 nitrogen and oxygen atoms in total. The fraction of sp³-hybridized carbons (Fsp3) is 0.467. The van der Waals surface area contributed by atoms with Gasteiger partial charge >= 0.3 is 0 Å².